The molecule has 0 radical (unpaired) electrons. The highest BCUT2D eigenvalue weighted by molar-refractivity contribution is 5.81. The number of fused-ring (bicyclic) bond motifs is 1. The lowest BCUT2D eigenvalue weighted by molar-refractivity contribution is 0.959. The summed E-state index contributed by atoms with van der Waals surface area (Å²) < 4.78 is 2.05. The predicted molar refractivity (Wildman–Crippen MR) is 70.9 cm³/mol. The summed E-state index contributed by atoms with van der Waals surface area (Å²) in [6.07, 6.45) is 0. The molecule has 3 rings (SSSR count). The van der Waals surface area contributed by atoms with Crippen LogP contribution in [-0.4, -0.2) is 9.55 Å². The maximum absolute atomic E-state index is 8.91. The van der Waals surface area contributed by atoms with Crippen molar-refractivity contribution in [2.24, 2.45) is 7.05 Å². The van der Waals surface area contributed by atoms with Crippen LogP contribution in [0.4, 0.5) is 0 Å². The third-order valence-corrected chi connectivity index (χ3v) is 3.04. The van der Waals surface area contributed by atoms with Gasteiger partial charge in [0.2, 0.25) is 0 Å². The minimum Gasteiger partial charge on any atom is -0.327 e. The first-order chi connectivity index (χ1) is 8.79. The number of aromatic nitrogens is 2. The van der Waals surface area contributed by atoms with Crippen molar-refractivity contribution >= 4 is 11.0 Å². The molecule has 2 aromatic carbocycles. The Kier molecular flexibility index (Phi) is 2.35. The highest BCUT2D eigenvalue weighted by Crippen LogP contribution is 2.23. The van der Waals surface area contributed by atoms with Crippen molar-refractivity contribution in [1.82, 2.24) is 9.55 Å². The SMILES string of the molecule is Cn1c(-c2ccccc2)nc2cc(C#N)ccc21. The number of aryl methyl sites for hydroxylation is 1. The lowest BCUT2D eigenvalue weighted by Gasteiger charge is -2.01. The van der Waals surface area contributed by atoms with Gasteiger partial charge < -0.3 is 4.57 Å². The number of nitrogens with zero attached hydrogens (tertiary/aromatic N) is 3. The lowest BCUT2D eigenvalue weighted by atomic mass is 10.2. The lowest BCUT2D eigenvalue weighted by Crippen LogP contribution is -1.91. The van der Waals surface area contributed by atoms with Crippen molar-refractivity contribution < 1.29 is 0 Å². The van der Waals surface area contributed by atoms with E-state index >= 15 is 0 Å². The van der Waals surface area contributed by atoms with E-state index in [9.17, 15) is 0 Å². The molecular formula is C15H11N3. The zero-order chi connectivity index (χ0) is 12.5. The smallest absolute Gasteiger partial charge is 0.140 e. The molecule has 0 unspecified atom stereocenters. The summed E-state index contributed by atoms with van der Waals surface area (Å²) in [6.45, 7) is 0. The highest BCUT2D eigenvalue weighted by Gasteiger charge is 2.09. The molecule has 3 nitrogen and oxygen atoms in total. The van der Waals surface area contributed by atoms with Crippen LogP contribution in [0.15, 0.2) is 48.5 Å². The standard InChI is InChI=1S/C15H11N3/c1-18-14-8-7-11(10-16)9-13(14)17-15(18)12-5-3-2-4-6-12/h2-9H,1H3. The topological polar surface area (TPSA) is 41.6 Å². The van der Waals surface area contributed by atoms with Gasteiger partial charge in [-0.1, -0.05) is 30.3 Å². The van der Waals surface area contributed by atoms with Crippen LogP contribution < -0.4 is 0 Å². The van der Waals surface area contributed by atoms with Gasteiger partial charge >= 0.3 is 0 Å². The van der Waals surface area contributed by atoms with E-state index in [-0.39, 0.29) is 0 Å². The molecule has 0 saturated carbocycles. The molecule has 1 aromatic heterocycles. The van der Waals surface area contributed by atoms with E-state index in [0.29, 0.717) is 5.56 Å². The number of benzene rings is 2. The van der Waals surface area contributed by atoms with Gasteiger partial charge in [-0.05, 0) is 18.2 Å². The van der Waals surface area contributed by atoms with E-state index in [1.54, 1.807) is 0 Å². The molecule has 86 valence electrons. The second-order valence-corrected chi connectivity index (χ2v) is 4.18. The molecule has 3 heteroatoms. The molecule has 0 spiro atoms. The van der Waals surface area contributed by atoms with Gasteiger partial charge in [-0.3, -0.25) is 0 Å². The van der Waals surface area contributed by atoms with Crippen LogP contribution in [0, 0.1) is 11.3 Å². The number of hydrogen-bond acceptors (Lipinski definition) is 2. The monoisotopic (exact) mass is 233 g/mol. The predicted octanol–water partition coefficient (Wildman–Crippen LogP) is 3.11. The molecule has 0 fully saturated rings. The van der Waals surface area contributed by atoms with Crippen molar-refractivity contribution in [3.63, 3.8) is 0 Å². The highest BCUT2D eigenvalue weighted by atomic mass is 15.1. The first kappa shape index (κ1) is 10.5. The number of rotatable bonds is 1. The maximum Gasteiger partial charge on any atom is 0.140 e. The molecule has 18 heavy (non-hydrogen) atoms. The van der Waals surface area contributed by atoms with Crippen molar-refractivity contribution in [2.75, 3.05) is 0 Å². The van der Waals surface area contributed by atoms with E-state index in [1.807, 2.05) is 60.1 Å². The van der Waals surface area contributed by atoms with E-state index in [2.05, 4.69) is 11.1 Å². The number of nitriles is 1. The molecule has 0 aliphatic carbocycles. The van der Waals surface area contributed by atoms with Gasteiger partial charge in [-0.2, -0.15) is 5.26 Å². The van der Waals surface area contributed by atoms with Crippen molar-refractivity contribution in [3.05, 3.63) is 54.1 Å². The maximum atomic E-state index is 8.91. The van der Waals surface area contributed by atoms with Crippen molar-refractivity contribution in [3.8, 4) is 17.5 Å². The summed E-state index contributed by atoms with van der Waals surface area (Å²) >= 11 is 0. The van der Waals surface area contributed by atoms with Crippen LogP contribution in [0.2, 0.25) is 0 Å². The molecule has 0 amide bonds. The van der Waals surface area contributed by atoms with E-state index in [4.69, 9.17) is 5.26 Å². The van der Waals surface area contributed by atoms with Gasteiger partial charge in [0.05, 0.1) is 22.7 Å². The minimum atomic E-state index is 0.639. The van der Waals surface area contributed by atoms with Gasteiger partial charge in [0.25, 0.3) is 0 Å². The summed E-state index contributed by atoms with van der Waals surface area (Å²) in [5, 5.41) is 8.91. The van der Waals surface area contributed by atoms with Crippen molar-refractivity contribution in [1.29, 1.82) is 5.26 Å². The van der Waals surface area contributed by atoms with E-state index in [1.165, 1.54) is 0 Å². The van der Waals surface area contributed by atoms with Gasteiger partial charge in [-0.25, -0.2) is 4.98 Å². The van der Waals surface area contributed by atoms with Crippen LogP contribution in [-0.2, 0) is 7.05 Å². The second kappa shape index (κ2) is 4.01. The Labute approximate surface area is 105 Å². The van der Waals surface area contributed by atoms with Crippen LogP contribution in [0.5, 0.6) is 0 Å². The summed E-state index contributed by atoms with van der Waals surface area (Å²) in [5.74, 6) is 0.917. The largest absolute Gasteiger partial charge is 0.327 e. The van der Waals surface area contributed by atoms with Gasteiger partial charge in [0.1, 0.15) is 5.82 Å². The van der Waals surface area contributed by atoms with Gasteiger partial charge in [0, 0.05) is 12.6 Å². The average Bonchev–Trinajstić information content (AvgIpc) is 2.76. The van der Waals surface area contributed by atoms with Crippen LogP contribution in [0.3, 0.4) is 0 Å². The molecule has 3 aromatic rings. The molecule has 0 aliphatic heterocycles. The summed E-state index contributed by atoms with van der Waals surface area (Å²) in [7, 11) is 1.99. The number of imidazole rings is 1. The molecule has 0 bridgehead atoms. The Balaban J connectivity index is 2.27. The van der Waals surface area contributed by atoms with Gasteiger partial charge in [-0.15, -0.1) is 0 Å². The molecule has 0 saturated heterocycles. The fourth-order valence-electron chi connectivity index (χ4n) is 2.11. The quantitative estimate of drug-likeness (QED) is 0.648. The summed E-state index contributed by atoms with van der Waals surface area (Å²) in [4.78, 5) is 4.60. The zero-order valence-electron chi connectivity index (χ0n) is 9.96. The minimum absolute atomic E-state index is 0.639. The van der Waals surface area contributed by atoms with Crippen LogP contribution in [0.1, 0.15) is 5.56 Å². The third kappa shape index (κ3) is 1.56. The molecule has 0 N–H and O–H groups in total. The Hall–Kier alpha value is -2.60. The van der Waals surface area contributed by atoms with Crippen LogP contribution >= 0.6 is 0 Å². The summed E-state index contributed by atoms with van der Waals surface area (Å²) in [6, 6.07) is 17.8. The first-order valence-electron chi connectivity index (χ1n) is 5.71. The Morgan fingerprint density at radius 1 is 1.11 bits per heavy atom. The van der Waals surface area contributed by atoms with Crippen LogP contribution in [0.25, 0.3) is 22.4 Å². The Bertz CT molecular complexity index is 748. The fourth-order valence-corrected chi connectivity index (χ4v) is 2.11. The zero-order valence-corrected chi connectivity index (χ0v) is 9.96. The molecule has 0 atom stereocenters. The van der Waals surface area contributed by atoms with E-state index < -0.39 is 0 Å². The Morgan fingerprint density at radius 2 is 1.89 bits per heavy atom. The van der Waals surface area contributed by atoms with Gasteiger partial charge in [0.15, 0.2) is 0 Å². The molecule has 1 heterocycles. The number of hydrogen-bond donors (Lipinski definition) is 0. The average molecular weight is 233 g/mol. The second-order valence-electron chi connectivity index (χ2n) is 4.18. The van der Waals surface area contributed by atoms with Crippen molar-refractivity contribution in [2.45, 2.75) is 0 Å². The third-order valence-electron chi connectivity index (χ3n) is 3.04. The first-order valence-corrected chi connectivity index (χ1v) is 5.71. The summed E-state index contributed by atoms with van der Waals surface area (Å²) in [5.41, 5.74) is 3.61. The normalized spacial score (nSPS) is 10.4. The van der Waals surface area contributed by atoms with E-state index in [0.717, 1.165) is 22.4 Å². The Morgan fingerprint density at radius 3 is 2.61 bits per heavy atom. The molecule has 0 aliphatic rings. The molecular weight excluding hydrogens is 222 g/mol. The fraction of sp³-hybridized carbons (Fsp3) is 0.0667.